The first-order valence-electron chi connectivity index (χ1n) is 12.4. The van der Waals surface area contributed by atoms with Gasteiger partial charge in [0.2, 0.25) is 5.91 Å². The number of benzene rings is 2. The summed E-state index contributed by atoms with van der Waals surface area (Å²) in [6.45, 7) is 1.93. The number of carbonyl (C=O) groups is 3. The van der Waals surface area contributed by atoms with Crippen LogP contribution >= 0.6 is 0 Å². The van der Waals surface area contributed by atoms with Gasteiger partial charge in [-0.3, -0.25) is 29.9 Å². The molecule has 200 valence electrons. The van der Waals surface area contributed by atoms with Crippen LogP contribution in [-0.2, 0) is 27.8 Å². The third kappa shape index (κ3) is 6.86. The molecule has 0 saturated carbocycles. The molecule has 1 atom stereocenters. The number of pyridine rings is 1. The number of rotatable bonds is 9. The highest BCUT2D eigenvalue weighted by Gasteiger charge is 2.19. The normalized spacial score (nSPS) is 11.8. The third-order valence-corrected chi connectivity index (χ3v) is 6.13. The van der Waals surface area contributed by atoms with E-state index in [0.717, 1.165) is 39.4 Å². The summed E-state index contributed by atoms with van der Waals surface area (Å²) in [5.74, 6) is -1.15. The van der Waals surface area contributed by atoms with Crippen LogP contribution in [0.25, 0.3) is 22.2 Å². The summed E-state index contributed by atoms with van der Waals surface area (Å²) >= 11 is 0. The molecule has 10 heteroatoms. The zero-order valence-electron chi connectivity index (χ0n) is 22.0. The molecule has 0 saturated heterocycles. The second-order valence-corrected chi connectivity index (χ2v) is 8.94. The van der Waals surface area contributed by atoms with Gasteiger partial charge in [-0.1, -0.05) is 36.4 Å². The standard InChI is InChI=1S/C29H30N6O4/c1-19(24-16-26(21-17-30-35(2)18-21)32-25-11-7-6-10-23(24)25)31-29(38)22-9-5-4-8-20(22)12-13-27(36)33-34-28(37)14-15-39-3/h4-11,14-19H,12-13H2,1-3H3,(H,31,38)(H,33,36)(H,34,37)/b15-14+/t19-/m1/s1. The minimum Gasteiger partial charge on any atom is -0.504 e. The monoisotopic (exact) mass is 526 g/mol. The Hall–Kier alpha value is -4.99. The smallest absolute Gasteiger partial charge is 0.265 e. The van der Waals surface area contributed by atoms with E-state index >= 15 is 0 Å². The Morgan fingerprint density at radius 1 is 1.08 bits per heavy atom. The average molecular weight is 527 g/mol. The zero-order chi connectivity index (χ0) is 27.8. The van der Waals surface area contributed by atoms with Gasteiger partial charge in [-0.2, -0.15) is 5.10 Å². The maximum Gasteiger partial charge on any atom is 0.265 e. The molecule has 0 radical (unpaired) electrons. The van der Waals surface area contributed by atoms with Gasteiger partial charge in [0, 0.05) is 42.3 Å². The van der Waals surface area contributed by atoms with Crippen LogP contribution in [0.5, 0.6) is 0 Å². The number of nitrogens with one attached hydrogen (secondary N) is 3. The van der Waals surface area contributed by atoms with Crippen LogP contribution in [0.4, 0.5) is 0 Å². The highest BCUT2D eigenvalue weighted by atomic mass is 16.5. The maximum absolute atomic E-state index is 13.4. The first-order chi connectivity index (χ1) is 18.9. The van der Waals surface area contributed by atoms with Gasteiger partial charge in [0.05, 0.1) is 36.8 Å². The van der Waals surface area contributed by atoms with Gasteiger partial charge in [0.15, 0.2) is 0 Å². The van der Waals surface area contributed by atoms with E-state index in [1.807, 2.05) is 62.6 Å². The van der Waals surface area contributed by atoms with E-state index in [9.17, 15) is 14.4 Å². The number of ether oxygens (including phenoxy) is 1. The second-order valence-electron chi connectivity index (χ2n) is 8.94. The van der Waals surface area contributed by atoms with Crippen molar-refractivity contribution in [3.05, 3.63) is 96.0 Å². The fourth-order valence-electron chi connectivity index (χ4n) is 4.19. The molecule has 3 amide bonds. The molecule has 39 heavy (non-hydrogen) atoms. The second kappa shape index (κ2) is 12.5. The number of methoxy groups -OCH3 is 1. The summed E-state index contributed by atoms with van der Waals surface area (Å²) in [6.07, 6.45) is 6.41. The van der Waals surface area contributed by atoms with E-state index < -0.39 is 5.91 Å². The number of aryl methyl sites for hydroxylation is 2. The number of nitrogens with zero attached hydrogens (tertiary/aromatic N) is 3. The van der Waals surface area contributed by atoms with Crippen LogP contribution in [-0.4, -0.2) is 39.6 Å². The Bertz CT molecular complexity index is 1530. The number of fused-ring (bicyclic) bond motifs is 1. The van der Waals surface area contributed by atoms with Crippen molar-refractivity contribution in [2.24, 2.45) is 7.05 Å². The molecule has 0 aliphatic carbocycles. The van der Waals surface area contributed by atoms with E-state index in [4.69, 9.17) is 4.98 Å². The van der Waals surface area contributed by atoms with Crippen molar-refractivity contribution >= 4 is 28.6 Å². The molecule has 4 rings (SSSR count). The molecule has 0 aliphatic heterocycles. The Labute approximate surface area is 226 Å². The summed E-state index contributed by atoms with van der Waals surface area (Å²) in [5, 5.41) is 8.32. The van der Waals surface area contributed by atoms with Crippen molar-refractivity contribution in [1.29, 1.82) is 0 Å². The summed E-state index contributed by atoms with van der Waals surface area (Å²) in [5.41, 5.74) is 9.24. The summed E-state index contributed by atoms with van der Waals surface area (Å²) < 4.78 is 6.39. The lowest BCUT2D eigenvalue weighted by Gasteiger charge is -2.19. The number of hydrazine groups is 1. The summed E-state index contributed by atoms with van der Waals surface area (Å²) in [6, 6.07) is 16.6. The molecule has 4 aromatic rings. The fourth-order valence-corrected chi connectivity index (χ4v) is 4.19. The quantitative estimate of drug-likeness (QED) is 0.174. The van der Waals surface area contributed by atoms with Crippen LogP contribution in [0.15, 0.2) is 79.3 Å². The lowest BCUT2D eigenvalue weighted by molar-refractivity contribution is -0.126. The zero-order valence-corrected chi connectivity index (χ0v) is 22.0. The molecule has 3 N–H and O–H groups in total. The molecule has 0 fully saturated rings. The molecular weight excluding hydrogens is 496 g/mol. The van der Waals surface area contributed by atoms with Gasteiger partial charge in [-0.05, 0) is 42.7 Å². The topological polar surface area (TPSA) is 127 Å². The van der Waals surface area contributed by atoms with Crippen molar-refractivity contribution in [2.45, 2.75) is 25.8 Å². The molecule has 0 bridgehead atoms. The lowest BCUT2D eigenvalue weighted by Crippen LogP contribution is -2.40. The van der Waals surface area contributed by atoms with E-state index in [2.05, 4.69) is 26.0 Å². The Kier molecular flexibility index (Phi) is 8.67. The van der Waals surface area contributed by atoms with Crippen LogP contribution in [0.1, 0.15) is 40.9 Å². The van der Waals surface area contributed by atoms with Crippen LogP contribution in [0, 0.1) is 0 Å². The Balaban J connectivity index is 1.48. The minimum atomic E-state index is -0.519. The molecule has 0 unspecified atom stereocenters. The van der Waals surface area contributed by atoms with Gasteiger partial charge in [0.1, 0.15) is 0 Å². The number of hydrogen-bond acceptors (Lipinski definition) is 6. The van der Waals surface area contributed by atoms with Crippen molar-refractivity contribution in [3.8, 4) is 11.3 Å². The minimum absolute atomic E-state index is 0.0809. The Morgan fingerprint density at radius 2 is 1.85 bits per heavy atom. The van der Waals surface area contributed by atoms with Gasteiger partial charge < -0.3 is 10.1 Å². The third-order valence-electron chi connectivity index (χ3n) is 6.13. The first kappa shape index (κ1) is 27.1. The highest BCUT2D eigenvalue weighted by Crippen LogP contribution is 2.29. The largest absolute Gasteiger partial charge is 0.504 e. The highest BCUT2D eigenvalue weighted by molar-refractivity contribution is 5.96. The first-order valence-corrected chi connectivity index (χ1v) is 12.4. The van der Waals surface area contributed by atoms with E-state index in [1.165, 1.54) is 13.4 Å². The van der Waals surface area contributed by atoms with Gasteiger partial charge in [-0.25, -0.2) is 4.98 Å². The molecule has 0 spiro atoms. The van der Waals surface area contributed by atoms with Gasteiger partial charge >= 0.3 is 0 Å². The number of amides is 3. The number of para-hydroxylation sites is 1. The predicted molar refractivity (Wildman–Crippen MR) is 147 cm³/mol. The molecule has 2 heterocycles. The molecule has 2 aromatic carbocycles. The van der Waals surface area contributed by atoms with Gasteiger partial charge in [-0.15, -0.1) is 0 Å². The van der Waals surface area contributed by atoms with E-state index in [1.54, 1.807) is 23.0 Å². The molecule has 2 aromatic heterocycles. The summed E-state index contributed by atoms with van der Waals surface area (Å²) in [4.78, 5) is 42.0. The SMILES string of the molecule is CO/C=C/C(=O)NNC(=O)CCc1ccccc1C(=O)N[C@H](C)c1cc(-c2cnn(C)c2)nc2ccccc12. The van der Waals surface area contributed by atoms with Crippen LogP contribution < -0.4 is 16.2 Å². The van der Waals surface area contributed by atoms with E-state index in [-0.39, 0.29) is 24.3 Å². The fraction of sp³-hybridized carbons (Fsp3) is 0.207. The predicted octanol–water partition coefficient (Wildman–Crippen LogP) is 3.37. The average Bonchev–Trinajstić information content (AvgIpc) is 3.39. The lowest BCUT2D eigenvalue weighted by atomic mass is 9.98. The van der Waals surface area contributed by atoms with E-state index in [0.29, 0.717) is 12.0 Å². The number of carbonyl (C=O) groups excluding carboxylic acids is 3. The molecule has 0 aliphatic rings. The summed E-state index contributed by atoms with van der Waals surface area (Å²) in [7, 11) is 3.27. The van der Waals surface area contributed by atoms with Crippen LogP contribution in [0.3, 0.4) is 0 Å². The molecule has 10 nitrogen and oxygen atoms in total. The Morgan fingerprint density at radius 3 is 2.62 bits per heavy atom. The van der Waals surface area contributed by atoms with Gasteiger partial charge in [0.25, 0.3) is 11.8 Å². The van der Waals surface area contributed by atoms with Crippen molar-refractivity contribution in [2.75, 3.05) is 7.11 Å². The molecular formula is C29H30N6O4. The van der Waals surface area contributed by atoms with Crippen LogP contribution in [0.2, 0.25) is 0 Å². The van der Waals surface area contributed by atoms with Crippen molar-refractivity contribution < 1.29 is 19.1 Å². The maximum atomic E-state index is 13.4. The number of hydrogen-bond donors (Lipinski definition) is 3. The number of aromatic nitrogens is 3. The van der Waals surface area contributed by atoms with Crippen molar-refractivity contribution in [1.82, 2.24) is 30.9 Å². The van der Waals surface area contributed by atoms with Crippen molar-refractivity contribution in [3.63, 3.8) is 0 Å².